The molecule has 0 bridgehead atoms. The molecule has 1 fully saturated rings. The van der Waals surface area contributed by atoms with Gasteiger partial charge in [0, 0.05) is 18.8 Å². The molecule has 1 aliphatic carbocycles. The van der Waals surface area contributed by atoms with Crippen LogP contribution < -0.4 is 5.32 Å². The smallest absolute Gasteiger partial charge is 0.417 e. The predicted molar refractivity (Wildman–Crippen MR) is 105 cm³/mol. The van der Waals surface area contributed by atoms with Crippen LogP contribution in [0.1, 0.15) is 28.8 Å². The molecule has 1 saturated carbocycles. The number of carbonyl (C=O) groups excluding carboxylic acids is 1. The molecule has 2 aromatic carbocycles. The summed E-state index contributed by atoms with van der Waals surface area (Å²) in [5.41, 5.74) is -0.873. The van der Waals surface area contributed by atoms with Gasteiger partial charge in [-0.3, -0.25) is 0 Å². The van der Waals surface area contributed by atoms with Crippen LogP contribution in [0, 0.1) is 0 Å². The third kappa shape index (κ3) is 4.55. The fourth-order valence-electron chi connectivity index (χ4n) is 2.86. The maximum atomic E-state index is 13.6. The number of halogens is 4. The Morgan fingerprint density at radius 3 is 2.40 bits per heavy atom. The SMILES string of the molecule is COC(=O)c1ccc(Nc2ccc(S(=O)(=O)N(C)C3CC3)c(C(F)(F)F)c2)c(Cl)c1. The maximum absolute atomic E-state index is 13.6. The van der Waals surface area contributed by atoms with Crippen molar-refractivity contribution in [3.8, 4) is 0 Å². The number of hydrogen-bond acceptors (Lipinski definition) is 5. The first-order valence-corrected chi connectivity index (χ1v) is 10.6. The van der Waals surface area contributed by atoms with Crippen LogP contribution in [0.15, 0.2) is 41.3 Å². The summed E-state index contributed by atoms with van der Waals surface area (Å²) in [5.74, 6) is -0.614. The minimum absolute atomic E-state index is 0.0110. The van der Waals surface area contributed by atoms with E-state index in [0.29, 0.717) is 12.8 Å². The zero-order valence-corrected chi connectivity index (χ0v) is 17.5. The number of hydrogen-bond donors (Lipinski definition) is 1. The van der Waals surface area contributed by atoms with Gasteiger partial charge in [-0.15, -0.1) is 0 Å². The molecule has 0 heterocycles. The number of ether oxygens (including phenoxy) is 1. The molecule has 30 heavy (non-hydrogen) atoms. The van der Waals surface area contributed by atoms with Crippen molar-refractivity contribution in [2.45, 2.75) is 30.0 Å². The van der Waals surface area contributed by atoms with E-state index in [4.69, 9.17) is 11.6 Å². The molecule has 3 rings (SSSR count). The van der Waals surface area contributed by atoms with Crippen molar-refractivity contribution in [3.63, 3.8) is 0 Å². The molecular formula is C19H18ClF3N2O4S. The largest absolute Gasteiger partial charge is 0.465 e. The average Bonchev–Trinajstić information content (AvgIpc) is 3.52. The van der Waals surface area contributed by atoms with Gasteiger partial charge in [-0.05, 0) is 49.2 Å². The van der Waals surface area contributed by atoms with Crippen LogP contribution >= 0.6 is 11.6 Å². The van der Waals surface area contributed by atoms with Crippen molar-refractivity contribution in [1.29, 1.82) is 0 Å². The quantitative estimate of drug-likeness (QED) is 0.631. The van der Waals surface area contributed by atoms with Gasteiger partial charge in [-0.25, -0.2) is 13.2 Å². The fourth-order valence-corrected chi connectivity index (χ4v) is 4.69. The predicted octanol–water partition coefficient (Wildman–Crippen LogP) is 4.67. The van der Waals surface area contributed by atoms with Crippen LogP contribution in [-0.2, 0) is 20.9 Å². The molecule has 0 saturated heterocycles. The Hall–Kier alpha value is -2.30. The number of rotatable bonds is 6. The zero-order valence-electron chi connectivity index (χ0n) is 16.0. The summed E-state index contributed by atoms with van der Waals surface area (Å²) < 4.78 is 71.9. The maximum Gasteiger partial charge on any atom is 0.417 e. The van der Waals surface area contributed by atoms with Crippen molar-refractivity contribution in [2.75, 3.05) is 19.5 Å². The van der Waals surface area contributed by atoms with Crippen LogP contribution in [0.2, 0.25) is 5.02 Å². The standard InChI is InChI=1S/C19H18ClF3N2O4S/c1-25(13-5-6-13)30(27,28)17-8-4-12(10-14(17)19(21,22)23)24-16-7-3-11(9-15(16)20)18(26)29-2/h3-4,7-10,13,24H,5-6H2,1-2H3. The van der Waals surface area contributed by atoms with Gasteiger partial charge in [0.15, 0.2) is 0 Å². The summed E-state index contributed by atoms with van der Waals surface area (Å²) in [6.45, 7) is 0. The Balaban J connectivity index is 1.97. The lowest BCUT2D eigenvalue weighted by atomic mass is 10.1. The van der Waals surface area contributed by atoms with E-state index < -0.39 is 32.6 Å². The average molecular weight is 463 g/mol. The first kappa shape index (κ1) is 22.4. The van der Waals surface area contributed by atoms with Crippen LogP contribution in [0.25, 0.3) is 0 Å². The number of nitrogens with zero attached hydrogens (tertiary/aromatic N) is 1. The summed E-state index contributed by atoms with van der Waals surface area (Å²) >= 11 is 6.10. The Morgan fingerprint density at radius 2 is 1.87 bits per heavy atom. The highest BCUT2D eigenvalue weighted by Crippen LogP contribution is 2.39. The van der Waals surface area contributed by atoms with Crippen LogP contribution in [0.5, 0.6) is 0 Å². The van der Waals surface area contributed by atoms with E-state index in [1.807, 2.05) is 0 Å². The second kappa shape index (κ2) is 8.09. The van der Waals surface area contributed by atoms with Crippen LogP contribution in [0.3, 0.4) is 0 Å². The number of nitrogens with one attached hydrogen (secondary N) is 1. The molecule has 162 valence electrons. The van der Waals surface area contributed by atoms with Crippen molar-refractivity contribution in [1.82, 2.24) is 4.31 Å². The number of methoxy groups -OCH3 is 1. The van der Waals surface area contributed by atoms with Gasteiger partial charge in [0.2, 0.25) is 10.0 Å². The molecule has 0 radical (unpaired) electrons. The van der Waals surface area contributed by atoms with Gasteiger partial charge in [0.05, 0.1) is 33.8 Å². The summed E-state index contributed by atoms with van der Waals surface area (Å²) in [7, 11) is -1.81. The number of esters is 1. The Morgan fingerprint density at radius 1 is 1.20 bits per heavy atom. The van der Waals surface area contributed by atoms with Gasteiger partial charge >= 0.3 is 12.1 Å². The van der Waals surface area contributed by atoms with E-state index >= 15 is 0 Å². The minimum atomic E-state index is -4.89. The van der Waals surface area contributed by atoms with Crippen LogP contribution in [0.4, 0.5) is 24.5 Å². The first-order chi connectivity index (χ1) is 13.9. The van der Waals surface area contributed by atoms with Gasteiger partial charge in [-0.2, -0.15) is 17.5 Å². The number of anilines is 2. The molecule has 0 unspecified atom stereocenters. The second-order valence-electron chi connectivity index (χ2n) is 6.77. The van der Waals surface area contributed by atoms with Gasteiger partial charge in [-0.1, -0.05) is 11.6 Å². The first-order valence-electron chi connectivity index (χ1n) is 8.79. The molecular weight excluding hydrogens is 445 g/mol. The lowest BCUT2D eigenvalue weighted by Gasteiger charge is -2.21. The monoisotopic (exact) mass is 462 g/mol. The normalized spacial score (nSPS) is 14.6. The molecule has 6 nitrogen and oxygen atoms in total. The van der Waals surface area contributed by atoms with Gasteiger partial charge in [0.25, 0.3) is 0 Å². The van der Waals surface area contributed by atoms with Crippen molar-refractivity contribution in [2.24, 2.45) is 0 Å². The second-order valence-corrected chi connectivity index (χ2v) is 9.15. The topological polar surface area (TPSA) is 75.7 Å². The van der Waals surface area contributed by atoms with Crippen molar-refractivity contribution < 1.29 is 31.1 Å². The molecule has 0 aliphatic heterocycles. The summed E-state index contributed by atoms with van der Waals surface area (Å²) in [5, 5.41) is 2.80. The van der Waals surface area contributed by atoms with E-state index in [1.165, 1.54) is 38.4 Å². The molecule has 11 heteroatoms. The van der Waals surface area contributed by atoms with Gasteiger partial charge in [0.1, 0.15) is 0 Å². The summed E-state index contributed by atoms with van der Waals surface area (Å²) in [4.78, 5) is 10.7. The third-order valence-electron chi connectivity index (χ3n) is 4.67. The van der Waals surface area contributed by atoms with Crippen LogP contribution in [-0.4, -0.2) is 38.9 Å². The lowest BCUT2D eigenvalue weighted by molar-refractivity contribution is -0.139. The Labute approximate surface area is 176 Å². The Bertz CT molecular complexity index is 1090. The van der Waals surface area contributed by atoms with Gasteiger partial charge < -0.3 is 10.1 Å². The highest BCUT2D eigenvalue weighted by molar-refractivity contribution is 7.89. The summed E-state index contributed by atoms with van der Waals surface area (Å²) in [6.07, 6.45) is -3.64. The Kier molecular flexibility index (Phi) is 6.03. The molecule has 0 atom stereocenters. The molecule has 0 spiro atoms. The number of benzene rings is 2. The highest BCUT2D eigenvalue weighted by Gasteiger charge is 2.42. The fraction of sp³-hybridized carbons (Fsp3) is 0.316. The van der Waals surface area contributed by atoms with E-state index in [9.17, 15) is 26.4 Å². The van der Waals surface area contributed by atoms with Crippen molar-refractivity contribution >= 4 is 39.0 Å². The third-order valence-corrected chi connectivity index (χ3v) is 6.95. The van der Waals surface area contributed by atoms with E-state index in [1.54, 1.807) is 0 Å². The number of alkyl halides is 3. The van der Waals surface area contributed by atoms with E-state index in [0.717, 1.165) is 16.4 Å². The van der Waals surface area contributed by atoms with E-state index in [2.05, 4.69) is 10.1 Å². The minimum Gasteiger partial charge on any atom is -0.465 e. The molecule has 1 aliphatic rings. The highest BCUT2D eigenvalue weighted by atomic mass is 35.5. The molecule has 0 amide bonds. The summed E-state index contributed by atoms with van der Waals surface area (Å²) in [6, 6.07) is 6.72. The van der Waals surface area contributed by atoms with Crippen molar-refractivity contribution in [3.05, 3.63) is 52.5 Å². The zero-order chi connectivity index (χ0) is 22.3. The lowest BCUT2D eigenvalue weighted by Crippen LogP contribution is -2.30. The molecule has 0 aromatic heterocycles. The van der Waals surface area contributed by atoms with E-state index in [-0.39, 0.29) is 28.0 Å². The number of carbonyl (C=O) groups is 1. The number of sulfonamides is 1. The molecule has 2 aromatic rings. The molecule has 1 N–H and O–H groups in total.